The molecule has 0 fully saturated rings. The molecule has 31 heavy (non-hydrogen) atoms. The van der Waals surface area contributed by atoms with Crippen LogP contribution in [0.1, 0.15) is 11.3 Å². The van der Waals surface area contributed by atoms with Crippen LogP contribution in [0, 0.1) is 0 Å². The zero-order valence-corrected chi connectivity index (χ0v) is 18.0. The first-order chi connectivity index (χ1) is 15.2. The van der Waals surface area contributed by atoms with Gasteiger partial charge >= 0.3 is 0 Å². The SMILES string of the molecule is O=C(CSc1nc2ccccc2n1Cc1ccccc1Cl)N/N=C\C=C\c1ccco1. The smallest absolute Gasteiger partial charge is 0.250 e. The highest BCUT2D eigenvalue weighted by molar-refractivity contribution is 7.99. The van der Waals surface area contributed by atoms with E-state index < -0.39 is 0 Å². The third-order valence-corrected chi connectivity index (χ3v) is 5.74. The van der Waals surface area contributed by atoms with Crippen molar-refractivity contribution in [3.63, 3.8) is 0 Å². The Labute approximate surface area is 188 Å². The number of aromatic nitrogens is 2. The summed E-state index contributed by atoms with van der Waals surface area (Å²) >= 11 is 7.71. The van der Waals surface area contributed by atoms with E-state index in [1.807, 2.05) is 54.6 Å². The molecule has 0 spiro atoms. The zero-order valence-electron chi connectivity index (χ0n) is 16.4. The number of fused-ring (bicyclic) bond motifs is 1. The molecule has 156 valence electrons. The standard InChI is InChI=1S/C23H19ClN4O2S/c24-19-10-2-1-7-17(19)15-28-21-12-4-3-11-20(21)26-23(28)31-16-22(29)27-25-13-5-8-18-9-6-14-30-18/h1-14H,15-16H2,(H,27,29)/b8-5+,25-13-. The van der Waals surface area contributed by atoms with E-state index in [2.05, 4.69) is 15.1 Å². The largest absolute Gasteiger partial charge is 0.465 e. The van der Waals surface area contributed by atoms with Crippen LogP contribution in [-0.4, -0.2) is 27.4 Å². The summed E-state index contributed by atoms with van der Waals surface area (Å²) in [6.45, 7) is 0.569. The van der Waals surface area contributed by atoms with Gasteiger partial charge in [0.05, 0.1) is 29.6 Å². The molecule has 8 heteroatoms. The van der Waals surface area contributed by atoms with Gasteiger partial charge in [0, 0.05) is 11.2 Å². The van der Waals surface area contributed by atoms with E-state index in [1.165, 1.54) is 18.0 Å². The maximum Gasteiger partial charge on any atom is 0.250 e. The Bertz CT molecular complexity index is 1230. The van der Waals surface area contributed by atoms with Crippen LogP contribution in [0.4, 0.5) is 0 Å². The molecule has 1 amide bonds. The predicted octanol–water partition coefficient (Wildman–Crippen LogP) is 5.24. The number of rotatable bonds is 8. The van der Waals surface area contributed by atoms with Gasteiger partial charge in [0.25, 0.3) is 5.91 Å². The number of thioether (sulfide) groups is 1. The molecule has 0 bridgehead atoms. The minimum Gasteiger partial charge on any atom is -0.465 e. The van der Waals surface area contributed by atoms with Crippen molar-refractivity contribution in [1.82, 2.24) is 15.0 Å². The van der Waals surface area contributed by atoms with Crippen molar-refractivity contribution in [2.45, 2.75) is 11.7 Å². The number of halogens is 1. The molecule has 0 atom stereocenters. The van der Waals surface area contributed by atoms with E-state index in [-0.39, 0.29) is 11.7 Å². The molecule has 6 nitrogen and oxygen atoms in total. The highest BCUT2D eigenvalue weighted by Crippen LogP contribution is 2.26. The van der Waals surface area contributed by atoms with E-state index in [0.29, 0.717) is 17.3 Å². The third-order valence-electron chi connectivity index (χ3n) is 4.39. The number of carbonyl (C=O) groups excluding carboxylic acids is 1. The van der Waals surface area contributed by atoms with Gasteiger partial charge in [0.1, 0.15) is 5.76 Å². The van der Waals surface area contributed by atoms with Crippen LogP contribution in [-0.2, 0) is 11.3 Å². The summed E-state index contributed by atoms with van der Waals surface area (Å²) < 4.78 is 7.25. The number of hydrogen-bond acceptors (Lipinski definition) is 5. The Balaban J connectivity index is 1.42. The Morgan fingerprint density at radius 2 is 2.00 bits per heavy atom. The number of furan rings is 1. The van der Waals surface area contributed by atoms with Crippen molar-refractivity contribution in [2.75, 3.05) is 5.75 Å². The third kappa shape index (κ3) is 5.45. The fraction of sp³-hybridized carbons (Fsp3) is 0.0870. The monoisotopic (exact) mass is 450 g/mol. The minimum atomic E-state index is -0.219. The molecule has 0 aliphatic heterocycles. The van der Waals surface area contributed by atoms with Gasteiger partial charge in [-0.15, -0.1) is 0 Å². The van der Waals surface area contributed by atoms with Crippen molar-refractivity contribution in [2.24, 2.45) is 5.10 Å². The highest BCUT2D eigenvalue weighted by atomic mass is 35.5. The Morgan fingerprint density at radius 3 is 2.84 bits per heavy atom. The number of hydrogen-bond donors (Lipinski definition) is 1. The fourth-order valence-corrected chi connectivity index (χ4v) is 3.95. The number of hydrazone groups is 1. The van der Waals surface area contributed by atoms with E-state index in [9.17, 15) is 4.79 Å². The van der Waals surface area contributed by atoms with Crippen molar-refractivity contribution in [1.29, 1.82) is 0 Å². The lowest BCUT2D eigenvalue weighted by molar-refractivity contribution is -0.118. The quantitative estimate of drug-likeness (QED) is 0.226. The molecule has 2 aromatic heterocycles. The van der Waals surface area contributed by atoms with Crippen molar-refractivity contribution >= 4 is 52.6 Å². The molecule has 2 aromatic carbocycles. The van der Waals surface area contributed by atoms with Crippen LogP contribution in [0.15, 0.2) is 87.7 Å². The Kier molecular flexibility index (Phi) is 6.86. The minimum absolute atomic E-state index is 0.186. The second-order valence-electron chi connectivity index (χ2n) is 6.54. The average molecular weight is 451 g/mol. The number of carbonyl (C=O) groups is 1. The topological polar surface area (TPSA) is 72.4 Å². The first-order valence-electron chi connectivity index (χ1n) is 9.54. The molecule has 0 saturated carbocycles. The number of imidazole rings is 1. The highest BCUT2D eigenvalue weighted by Gasteiger charge is 2.14. The summed E-state index contributed by atoms with van der Waals surface area (Å²) in [5, 5.41) is 5.36. The molecule has 0 unspecified atom stereocenters. The molecule has 0 aliphatic rings. The van der Waals surface area contributed by atoms with E-state index in [4.69, 9.17) is 21.0 Å². The lowest BCUT2D eigenvalue weighted by Crippen LogP contribution is -2.19. The van der Waals surface area contributed by atoms with E-state index in [0.717, 1.165) is 21.8 Å². The molecule has 4 rings (SSSR count). The summed E-state index contributed by atoms with van der Waals surface area (Å²) in [5.41, 5.74) is 5.37. The first-order valence-corrected chi connectivity index (χ1v) is 10.9. The Morgan fingerprint density at radius 1 is 1.16 bits per heavy atom. The van der Waals surface area contributed by atoms with Crippen molar-refractivity contribution < 1.29 is 9.21 Å². The normalized spacial score (nSPS) is 11.6. The van der Waals surface area contributed by atoms with Gasteiger partial charge in [-0.2, -0.15) is 5.10 Å². The summed E-state index contributed by atoms with van der Waals surface area (Å²) in [6.07, 6.45) is 6.53. The molecule has 0 radical (unpaired) electrons. The molecule has 2 heterocycles. The van der Waals surface area contributed by atoms with Crippen LogP contribution >= 0.6 is 23.4 Å². The van der Waals surface area contributed by atoms with E-state index in [1.54, 1.807) is 24.5 Å². The molecular weight excluding hydrogens is 432 g/mol. The molecule has 1 N–H and O–H groups in total. The second-order valence-corrected chi connectivity index (χ2v) is 7.89. The number of amides is 1. The summed E-state index contributed by atoms with van der Waals surface area (Å²) in [7, 11) is 0. The number of nitrogens with one attached hydrogen (secondary N) is 1. The van der Waals surface area contributed by atoms with Crippen molar-refractivity contribution in [3.8, 4) is 0 Å². The second kappa shape index (κ2) is 10.1. The number of para-hydroxylation sites is 2. The molecular formula is C23H19ClN4O2S. The molecule has 0 aliphatic carbocycles. The number of allylic oxidation sites excluding steroid dienone is 1. The maximum atomic E-state index is 12.2. The van der Waals surface area contributed by atoms with Crippen LogP contribution in [0.5, 0.6) is 0 Å². The maximum absolute atomic E-state index is 12.2. The van der Waals surface area contributed by atoms with E-state index >= 15 is 0 Å². The van der Waals surface area contributed by atoms with Gasteiger partial charge in [0.2, 0.25) is 0 Å². The van der Waals surface area contributed by atoms with Gasteiger partial charge in [-0.1, -0.05) is 53.7 Å². The van der Waals surface area contributed by atoms with Gasteiger partial charge in [-0.25, -0.2) is 10.4 Å². The zero-order chi connectivity index (χ0) is 21.5. The first kappa shape index (κ1) is 21.0. The fourth-order valence-electron chi connectivity index (χ4n) is 2.95. The summed E-state index contributed by atoms with van der Waals surface area (Å²) in [5.74, 6) is 0.681. The summed E-state index contributed by atoms with van der Waals surface area (Å²) in [4.78, 5) is 16.9. The average Bonchev–Trinajstić information content (AvgIpc) is 3.42. The summed E-state index contributed by atoms with van der Waals surface area (Å²) in [6, 6.07) is 19.2. The lowest BCUT2D eigenvalue weighted by Gasteiger charge is -2.10. The predicted molar refractivity (Wildman–Crippen MR) is 125 cm³/mol. The van der Waals surface area contributed by atoms with Crippen LogP contribution in [0.25, 0.3) is 17.1 Å². The van der Waals surface area contributed by atoms with Crippen LogP contribution in [0.3, 0.4) is 0 Å². The Hall–Kier alpha value is -3.29. The van der Waals surface area contributed by atoms with Gasteiger partial charge < -0.3 is 8.98 Å². The molecule has 0 saturated heterocycles. The van der Waals surface area contributed by atoms with Gasteiger partial charge in [-0.05, 0) is 48.0 Å². The van der Waals surface area contributed by atoms with Gasteiger partial charge in [0.15, 0.2) is 5.16 Å². The van der Waals surface area contributed by atoms with Gasteiger partial charge in [-0.3, -0.25) is 4.79 Å². The van der Waals surface area contributed by atoms with Crippen LogP contribution in [0.2, 0.25) is 5.02 Å². The van der Waals surface area contributed by atoms with Crippen molar-refractivity contribution in [3.05, 3.63) is 89.3 Å². The van der Waals surface area contributed by atoms with Crippen LogP contribution < -0.4 is 5.43 Å². The number of benzene rings is 2. The molecule has 4 aromatic rings. The number of nitrogens with zero attached hydrogens (tertiary/aromatic N) is 3. The lowest BCUT2D eigenvalue weighted by atomic mass is 10.2.